The van der Waals surface area contributed by atoms with Crippen LogP contribution >= 0.6 is 0 Å². The highest BCUT2D eigenvalue weighted by molar-refractivity contribution is 5.86. The van der Waals surface area contributed by atoms with Crippen molar-refractivity contribution in [3.8, 4) is 0 Å². The fraction of sp³-hybridized carbons (Fsp3) is 0.500. The molecule has 2 unspecified atom stereocenters. The van der Waals surface area contributed by atoms with Gasteiger partial charge < -0.3 is 14.3 Å². The quantitative estimate of drug-likeness (QED) is 0.436. The van der Waals surface area contributed by atoms with Gasteiger partial charge in [0, 0.05) is 42.2 Å². The maximum Gasteiger partial charge on any atom is 0.127 e. The molecular weight excluding hydrogens is 394 g/mol. The molecule has 2 atom stereocenters. The highest BCUT2D eigenvalue weighted by Gasteiger charge is 2.29. The number of hydrogen-bond acceptors (Lipinski definition) is 3. The van der Waals surface area contributed by atoms with E-state index in [1.807, 2.05) is 18.2 Å². The molecule has 32 heavy (non-hydrogen) atoms. The molecule has 0 saturated heterocycles. The van der Waals surface area contributed by atoms with Gasteiger partial charge in [-0.3, -0.25) is 0 Å². The fourth-order valence-electron chi connectivity index (χ4n) is 6.03. The number of fused-ring (bicyclic) bond motifs is 3. The minimum atomic E-state index is -0.154. The number of benzene rings is 2. The molecule has 0 spiro atoms. The maximum atomic E-state index is 12.1. The molecule has 1 aromatic heterocycles. The van der Waals surface area contributed by atoms with E-state index < -0.39 is 0 Å². The first-order valence-electron chi connectivity index (χ1n) is 12.5. The molecule has 2 heterocycles. The zero-order chi connectivity index (χ0) is 22.1. The third kappa shape index (κ3) is 3.74. The SMILES string of the molecule is CCN1c2ccc3c(nc(CC(C=O)c4ccccc4)n3C3CCCCC3)c2CCC1C. The van der Waals surface area contributed by atoms with Crippen molar-refractivity contribution in [1.29, 1.82) is 0 Å². The third-order valence-electron chi connectivity index (χ3n) is 7.74. The summed E-state index contributed by atoms with van der Waals surface area (Å²) < 4.78 is 2.52. The summed E-state index contributed by atoms with van der Waals surface area (Å²) >= 11 is 0. The number of aryl methyl sites for hydroxylation is 1. The molecule has 1 fully saturated rings. The molecule has 2 aromatic carbocycles. The molecule has 168 valence electrons. The molecule has 0 amide bonds. The summed E-state index contributed by atoms with van der Waals surface area (Å²) in [7, 11) is 0. The van der Waals surface area contributed by atoms with Crippen LogP contribution in [0, 0.1) is 0 Å². The summed E-state index contributed by atoms with van der Waals surface area (Å²) in [6.45, 7) is 5.60. The van der Waals surface area contributed by atoms with E-state index in [1.165, 1.54) is 60.8 Å². The number of aromatic nitrogens is 2. The van der Waals surface area contributed by atoms with Crippen molar-refractivity contribution in [2.75, 3.05) is 11.4 Å². The third-order valence-corrected chi connectivity index (χ3v) is 7.74. The van der Waals surface area contributed by atoms with Gasteiger partial charge in [-0.1, -0.05) is 49.6 Å². The van der Waals surface area contributed by atoms with Crippen molar-refractivity contribution in [3.63, 3.8) is 0 Å². The predicted molar refractivity (Wildman–Crippen MR) is 132 cm³/mol. The van der Waals surface area contributed by atoms with Gasteiger partial charge in [0.15, 0.2) is 0 Å². The fourth-order valence-corrected chi connectivity index (χ4v) is 6.03. The van der Waals surface area contributed by atoms with E-state index >= 15 is 0 Å². The molecule has 1 aliphatic heterocycles. The summed E-state index contributed by atoms with van der Waals surface area (Å²) in [6.07, 6.45) is 10.4. The molecule has 0 bridgehead atoms. The van der Waals surface area contributed by atoms with E-state index in [1.54, 1.807) is 0 Å². The Hall–Kier alpha value is -2.62. The van der Waals surface area contributed by atoms with E-state index in [2.05, 4.69) is 47.6 Å². The van der Waals surface area contributed by atoms with E-state index in [0.717, 1.165) is 30.6 Å². The molecule has 2 aliphatic rings. The number of carbonyl (C=O) groups excluding carboxylic acids is 1. The van der Waals surface area contributed by atoms with Crippen LogP contribution in [0.1, 0.15) is 81.3 Å². The number of hydrogen-bond donors (Lipinski definition) is 0. The van der Waals surface area contributed by atoms with Crippen LogP contribution < -0.4 is 4.90 Å². The minimum absolute atomic E-state index is 0.154. The van der Waals surface area contributed by atoms with Gasteiger partial charge in [0.25, 0.3) is 0 Å². The van der Waals surface area contributed by atoms with Gasteiger partial charge in [-0.25, -0.2) is 4.98 Å². The molecule has 1 aliphatic carbocycles. The second-order valence-corrected chi connectivity index (χ2v) is 9.65. The van der Waals surface area contributed by atoms with Crippen molar-refractivity contribution in [2.45, 2.75) is 83.2 Å². The number of anilines is 1. The summed E-state index contributed by atoms with van der Waals surface area (Å²) in [5.41, 5.74) is 6.28. The summed E-state index contributed by atoms with van der Waals surface area (Å²) in [5, 5.41) is 0. The minimum Gasteiger partial charge on any atom is -0.369 e. The van der Waals surface area contributed by atoms with Gasteiger partial charge in [-0.05, 0) is 57.2 Å². The van der Waals surface area contributed by atoms with Crippen LogP contribution in [-0.4, -0.2) is 28.4 Å². The zero-order valence-electron chi connectivity index (χ0n) is 19.5. The first kappa shape index (κ1) is 21.2. The Labute approximate surface area is 191 Å². The second-order valence-electron chi connectivity index (χ2n) is 9.65. The number of nitrogens with zero attached hydrogens (tertiary/aromatic N) is 3. The number of rotatable bonds is 6. The number of imidazole rings is 1. The Bertz CT molecular complexity index is 1080. The molecule has 4 heteroatoms. The van der Waals surface area contributed by atoms with Gasteiger partial charge in [0.2, 0.25) is 0 Å². The van der Waals surface area contributed by atoms with Crippen LogP contribution in [0.15, 0.2) is 42.5 Å². The Morgan fingerprint density at radius 1 is 1.06 bits per heavy atom. The van der Waals surface area contributed by atoms with E-state index in [-0.39, 0.29) is 5.92 Å². The van der Waals surface area contributed by atoms with E-state index in [0.29, 0.717) is 18.5 Å². The molecular formula is C28H35N3O. The van der Waals surface area contributed by atoms with Crippen molar-refractivity contribution in [1.82, 2.24) is 9.55 Å². The van der Waals surface area contributed by atoms with Crippen molar-refractivity contribution >= 4 is 23.0 Å². The average Bonchev–Trinajstić information content (AvgIpc) is 3.21. The lowest BCUT2D eigenvalue weighted by Crippen LogP contribution is -2.37. The van der Waals surface area contributed by atoms with Gasteiger partial charge in [-0.2, -0.15) is 0 Å². The zero-order valence-corrected chi connectivity index (χ0v) is 19.5. The molecule has 0 radical (unpaired) electrons. The molecule has 4 nitrogen and oxygen atoms in total. The van der Waals surface area contributed by atoms with E-state index in [9.17, 15) is 4.79 Å². The first-order valence-corrected chi connectivity index (χ1v) is 12.5. The molecule has 1 saturated carbocycles. The predicted octanol–water partition coefficient (Wildman–Crippen LogP) is 6.23. The molecule has 3 aromatic rings. The van der Waals surface area contributed by atoms with Crippen LogP contribution in [0.25, 0.3) is 11.0 Å². The first-order chi connectivity index (χ1) is 15.7. The van der Waals surface area contributed by atoms with Crippen molar-refractivity contribution < 1.29 is 4.79 Å². The van der Waals surface area contributed by atoms with Gasteiger partial charge in [0.05, 0.1) is 11.0 Å². The standard InChI is InChI=1S/C28H35N3O/c1-3-30-20(2)14-15-24-25(30)16-17-26-28(24)29-27(31(26)23-12-8-5-9-13-23)18-22(19-32)21-10-6-4-7-11-21/h4,6-7,10-11,16-17,19-20,22-23H,3,5,8-9,12-15,18H2,1-2H3. The molecule has 0 N–H and O–H groups in total. The Morgan fingerprint density at radius 3 is 2.56 bits per heavy atom. The highest BCUT2D eigenvalue weighted by atomic mass is 16.1. The highest BCUT2D eigenvalue weighted by Crippen LogP contribution is 2.39. The summed E-state index contributed by atoms with van der Waals surface area (Å²) in [6, 6.07) is 15.9. The Kier molecular flexibility index (Phi) is 6.03. The number of aldehydes is 1. The van der Waals surface area contributed by atoms with Crippen LogP contribution in [-0.2, 0) is 17.6 Å². The van der Waals surface area contributed by atoms with Crippen LogP contribution in [0.2, 0.25) is 0 Å². The monoisotopic (exact) mass is 429 g/mol. The van der Waals surface area contributed by atoms with Crippen LogP contribution in [0.3, 0.4) is 0 Å². The van der Waals surface area contributed by atoms with Crippen LogP contribution in [0.4, 0.5) is 5.69 Å². The summed E-state index contributed by atoms with van der Waals surface area (Å²) in [4.78, 5) is 19.9. The Morgan fingerprint density at radius 2 is 1.84 bits per heavy atom. The van der Waals surface area contributed by atoms with Gasteiger partial charge in [-0.15, -0.1) is 0 Å². The lowest BCUT2D eigenvalue weighted by atomic mass is 9.93. The normalized spacial score (nSPS) is 20.3. The second kappa shape index (κ2) is 9.09. The smallest absolute Gasteiger partial charge is 0.127 e. The van der Waals surface area contributed by atoms with Gasteiger partial charge in [0.1, 0.15) is 12.1 Å². The lowest BCUT2D eigenvalue weighted by molar-refractivity contribution is -0.109. The molecule has 5 rings (SSSR count). The van der Waals surface area contributed by atoms with Crippen molar-refractivity contribution in [2.24, 2.45) is 0 Å². The topological polar surface area (TPSA) is 38.1 Å². The largest absolute Gasteiger partial charge is 0.369 e. The lowest BCUT2D eigenvalue weighted by Gasteiger charge is -2.36. The van der Waals surface area contributed by atoms with Crippen LogP contribution in [0.5, 0.6) is 0 Å². The number of carbonyl (C=O) groups is 1. The van der Waals surface area contributed by atoms with Gasteiger partial charge >= 0.3 is 0 Å². The summed E-state index contributed by atoms with van der Waals surface area (Å²) in [5.74, 6) is 0.932. The van der Waals surface area contributed by atoms with E-state index in [4.69, 9.17) is 4.98 Å². The average molecular weight is 430 g/mol. The maximum absolute atomic E-state index is 12.1. The van der Waals surface area contributed by atoms with Crippen molar-refractivity contribution in [3.05, 3.63) is 59.4 Å². The Balaban J connectivity index is 1.63.